The van der Waals surface area contributed by atoms with E-state index in [9.17, 15) is 9.59 Å². The second-order valence-corrected chi connectivity index (χ2v) is 3.36. The Labute approximate surface area is 99.0 Å². The number of hydrogen-bond acceptors (Lipinski definition) is 4. The fourth-order valence-corrected chi connectivity index (χ4v) is 1.23. The van der Waals surface area contributed by atoms with Gasteiger partial charge in [0.25, 0.3) is 0 Å². The van der Waals surface area contributed by atoms with Crippen molar-refractivity contribution in [3.05, 3.63) is 29.8 Å². The molecule has 1 N–H and O–H groups in total. The minimum absolute atomic E-state index is 0.176. The summed E-state index contributed by atoms with van der Waals surface area (Å²) in [5, 5.41) is 8.77. The van der Waals surface area contributed by atoms with Crippen LogP contribution in [0.25, 0.3) is 0 Å². The minimum atomic E-state index is -0.995. The van der Waals surface area contributed by atoms with Gasteiger partial charge in [0.1, 0.15) is 5.75 Å². The van der Waals surface area contributed by atoms with Gasteiger partial charge in [-0.2, -0.15) is 0 Å². The Balaban J connectivity index is 2.39. The fraction of sp³-hybridized carbons (Fsp3) is 0.333. The van der Waals surface area contributed by atoms with Crippen LogP contribution in [0.3, 0.4) is 0 Å². The summed E-state index contributed by atoms with van der Waals surface area (Å²) in [5.74, 6) is -0.798. The Hall–Kier alpha value is -2.04. The van der Waals surface area contributed by atoms with E-state index in [0.717, 1.165) is 0 Å². The summed E-state index contributed by atoms with van der Waals surface area (Å²) in [5.41, 5.74) is 0.176. The molecule has 0 aliphatic heterocycles. The molecular weight excluding hydrogens is 224 g/mol. The second-order valence-electron chi connectivity index (χ2n) is 3.36. The number of carbonyl (C=O) groups excluding carboxylic acids is 1. The van der Waals surface area contributed by atoms with Crippen molar-refractivity contribution in [2.45, 2.75) is 12.8 Å². The van der Waals surface area contributed by atoms with E-state index < -0.39 is 5.97 Å². The number of carboxylic acid groups (broad SMARTS) is 1. The molecule has 0 amide bonds. The first-order chi connectivity index (χ1) is 8.13. The third-order valence-corrected chi connectivity index (χ3v) is 2.10. The summed E-state index contributed by atoms with van der Waals surface area (Å²) in [4.78, 5) is 21.5. The van der Waals surface area contributed by atoms with Crippen LogP contribution in [0.5, 0.6) is 5.75 Å². The first-order valence-electron chi connectivity index (χ1n) is 5.16. The van der Waals surface area contributed by atoms with Gasteiger partial charge in [-0.05, 0) is 24.6 Å². The molecule has 0 unspecified atom stereocenters. The van der Waals surface area contributed by atoms with Crippen molar-refractivity contribution < 1.29 is 24.2 Å². The summed E-state index contributed by atoms with van der Waals surface area (Å²) >= 11 is 0. The van der Waals surface area contributed by atoms with Crippen molar-refractivity contribution in [2.24, 2.45) is 0 Å². The normalized spacial score (nSPS) is 9.71. The molecular formula is C12H14O5. The van der Waals surface area contributed by atoms with E-state index in [1.807, 2.05) is 0 Å². The van der Waals surface area contributed by atoms with Crippen molar-refractivity contribution in [3.63, 3.8) is 0 Å². The molecule has 0 saturated heterocycles. The van der Waals surface area contributed by atoms with Crippen LogP contribution in [0.1, 0.15) is 23.2 Å². The summed E-state index contributed by atoms with van der Waals surface area (Å²) in [6.45, 7) is 0.345. The van der Waals surface area contributed by atoms with Gasteiger partial charge >= 0.3 is 11.9 Å². The molecule has 92 valence electrons. The lowest BCUT2D eigenvalue weighted by Crippen LogP contribution is -2.05. The number of carboxylic acids is 1. The maximum Gasteiger partial charge on any atom is 0.335 e. The summed E-state index contributed by atoms with van der Waals surface area (Å²) in [6.07, 6.45) is 0.819. The van der Waals surface area contributed by atoms with Crippen molar-refractivity contribution in [1.29, 1.82) is 0 Å². The third kappa shape index (κ3) is 4.55. The Morgan fingerprint density at radius 3 is 2.76 bits per heavy atom. The average Bonchev–Trinajstić information content (AvgIpc) is 2.34. The first-order valence-corrected chi connectivity index (χ1v) is 5.16. The van der Waals surface area contributed by atoms with E-state index in [1.54, 1.807) is 12.1 Å². The molecule has 0 aliphatic rings. The van der Waals surface area contributed by atoms with Gasteiger partial charge in [0.05, 0.1) is 19.3 Å². The van der Waals surface area contributed by atoms with Crippen LogP contribution in [-0.2, 0) is 9.53 Å². The van der Waals surface area contributed by atoms with E-state index in [1.165, 1.54) is 19.2 Å². The van der Waals surface area contributed by atoms with Crippen molar-refractivity contribution in [2.75, 3.05) is 13.7 Å². The van der Waals surface area contributed by atoms with Crippen LogP contribution in [0, 0.1) is 0 Å². The number of ether oxygens (including phenoxy) is 2. The van der Waals surface area contributed by atoms with E-state index in [4.69, 9.17) is 9.84 Å². The molecule has 0 saturated carbocycles. The minimum Gasteiger partial charge on any atom is -0.494 e. The number of hydrogen-bond donors (Lipinski definition) is 1. The number of aromatic carboxylic acids is 1. The standard InChI is InChI=1S/C12H14O5/c1-16-11(13)6-3-7-17-10-5-2-4-9(8-10)12(14)15/h2,4-5,8H,3,6-7H2,1H3,(H,14,15). The lowest BCUT2D eigenvalue weighted by atomic mass is 10.2. The van der Waals surface area contributed by atoms with E-state index >= 15 is 0 Å². The number of benzene rings is 1. The van der Waals surface area contributed by atoms with E-state index in [-0.39, 0.29) is 18.0 Å². The van der Waals surface area contributed by atoms with Crippen LogP contribution in [0.4, 0.5) is 0 Å². The average molecular weight is 238 g/mol. The first kappa shape index (κ1) is 13.0. The maximum atomic E-state index is 10.8. The molecule has 5 heteroatoms. The zero-order valence-electron chi connectivity index (χ0n) is 9.51. The molecule has 0 spiro atoms. The SMILES string of the molecule is COC(=O)CCCOc1cccc(C(=O)O)c1. The van der Waals surface area contributed by atoms with Crippen LogP contribution >= 0.6 is 0 Å². The molecule has 1 aromatic carbocycles. The summed E-state index contributed by atoms with van der Waals surface area (Å²) in [6, 6.07) is 6.22. The third-order valence-electron chi connectivity index (χ3n) is 2.10. The highest BCUT2D eigenvalue weighted by atomic mass is 16.5. The van der Waals surface area contributed by atoms with Crippen molar-refractivity contribution >= 4 is 11.9 Å². The van der Waals surface area contributed by atoms with Crippen molar-refractivity contribution in [1.82, 2.24) is 0 Å². The van der Waals surface area contributed by atoms with Gasteiger partial charge in [-0.15, -0.1) is 0 Å². The number of esters is 1. The maximum absolute atomic E-state index is 10.8. The Morgan fingerprint density at radius 1 is 1.35 bits per heavy atom. The lowest BCUT2D eigenvalue weighted by Gasteiger charge is -2.06. The van der Waals surface area contributed by atoms with Crippen molar-refractivity contribution in [3.8, 4) is 5.75 Å². The molecule has 0 radical (unpaired) electrons. The predicted octanol–water partition coefficient (Wildman–Crippen LogP) is 1.72. The lowest BCUT2D eigenvalue weighted by molar-refractivity contribution is -0.140. The van der Waals surface area contributed by atoms with Crippen LogP contribution in [-0.4, -0.2) is 30.8 Å². The Bertz CT molecular complexity index is 400. The summed E-state index contributed by atoms with van der Waals surface area (Å²) < 4.78 is 9.80. The van der Waals surface area contributed by atoms with Gasteiger partial charge in [0.2, 0.25) is 0 Å². The quantitative estimate of drug-likeness (QED) is 0.603. The smallest absolute Gasteiger partial charge is 0.335 e. The number of rotatable bonds is 6. The number of methoxy groups -OCH3 is 1. The van der Waals surface area contributed by atoms with Crippen LogP contribution in [0.15, 0.2) is 24.3 Å². The molecule has 0 aromatic heterocycles. The van der Waals surface area contributed by atoms with Gasteiger partial charge in [-0.3, -0.25) is 4.79 Å². The summed E-state index contributed by atoms with van der Waals surface area (Å²) in [7, 11) is 1.33. The topological polar surface area (TPSA) is 72.8 Å². The molecule has 0 atom stereocenters. The Kier molecular flexibility index (Phi) is 5.00. The van der Waals surface area contributed by atoms with Gasteiger partial charge < -0.3 is 14.6 Å². The molecule has 0 bridgehead atoms. The monoisotopic (exact) mass is 238 g/mol. The molecule has 5 nitrogen and oxygen atoms in total. The Morgan fingerprint density at radius 2 is 2.12 bits per heavy atom. The molecule has 1 rings (SSSR count). The predicted molar refractivity (Wildman–Crippen MR) is 60.1 cm³/mol. The van der Waals surface area contributed by atoms with E-state index in [2.05, 4.69) is 4.74 Å². The van der Waals surface area contributed by atoms with Gasteiger partial charge in [-0.25, -0.2) is 4.79 Å². The zero-order chi connectivity index (χ0) is 12.7. The fourth-order valence-electron chi connectivity index (χ4n) is 1.23. The highest BCUT2D eigenvalue weighted by Crippen LogP contribution is 2.13. The highest BCUT2D eigenvalue weighted by molar-refractivity contribution is 5.87. The van der Waals surface area contributed by atoms with Crippen LogP contribution < -0.4 is 4.74 Å². The molecule has 1 aromatic rings. The van der Waals surface area contributed by atoms with Gasteiger partial charge in [0, 0.05) is 6.42 Å². The van der Waals surface area contributed by atoms with Gasteiger partial charge in [-0.1, -0.05) is 6.07 Å². The van der Waals surface area contributed by atoms with E-state index in [0.29, 0.717) is 18.8 Å². The molecule has 17 heavy (non-hydrogen) atoms. The largest absolute Gasteiger partial charge is 0.494 e. The van der Waals surface area contributed by atoms with Gasteiger partial charge in [0.15, 0.2) is 0 Å². The zero-order valence-corrected chi connectivity index (χ0v) is 9.51. The second kappa shape index (κ2) is 6.52. The van der Waals surface area contributed by atoms with Crippen LogP contribution in [0.2, 0.25) is 0 Å². The molecule has 0 heterocycles. The number of carbonyl (C=O) groups is 2. The highest BCUT2D eigenvalue weighted by Gasteiger charge is 2.04. The molecule has 0 fully saturated rings. The molecule has 0 aliphatic carbocycles.